The summed E-state index contributed by atoms with van der Waals surface area (Å²) in [6.07, 6.45) is 1.11. The van der Waals surface area contributed by atoms with Crippen molar-refractivity contribution in [1.29, 1.82) is 0 Å². The van der Waals surface area contributed by atoms with Crippen molar-refractivity contribution in [2.45, 2.75) is 12.5 Å². The van der Waals surface area contributed by atoms with Gasteiger partial charge in [-0.2, -0.15) is 0 Å². The molecule has 3 heterocycles. The Morgan fingerprint density at radius 3 is 2.79 bits per heavy atom. The maximum atomic E-state index is 12.4. The van der Waals surface area contributed by atoms with Gasteiger partial charge in [-0.3, -0.25) is 9.69 Å². The van der Waals surface area contributed by atoms with E-state index in [1.807, 2.05) is 17.0 Å². The van der Waals surface area contributed by atoms with Crippen LogP contribution >= 0.6 is 27.3 Å². The van der Waals surface area contributed by atoms with Gasteiger partial charge in [0, 0.05) is 45.3 Å². The Morgan fingerprint density at radius 2 is 2.11 bits per heavy atom. The zero-order valence-electron chi connectivity index (χ0n) is 10.8. The molecule has 0 bridgehead atoms. The number of thiophene rings is 1. The fraction of sp³-hybridized carbons (Fsp3) is 0.615. The minimum absolute atomic E-state index is 0.188. The smallest absolute Gasteiger partial charge is 0.264 e. The monoisotopic (exact) mass is 343 g/mol. The molecule has 4 nitrogen and oxygen atoms in total. The molecule has 1 amide bonds. The second-order valence-electron chi connectivity index (χ2n) is 5.08. The highest BCUT2D eigenvalue weighted by Gasteiger charge is 2.31. The van der Waals surface area contributed by atoms with E-state index >= 15 is 0 Å². The number of halogens is 1. The summed E-state index contributed by atoms with van der Waals surface area (Å²) in [6.45, 7) is 6.14. The lowest BCUT2D eigenvalue weighted by molar-refractivity contribution is 0.0778. The van der Waals surface area contributed by atoms with Crippen LogP contribution in [0, 0.1) is 0 Å². The van der Waals surface area contributed by atoms with Crippen LogP contribution in [-0.4, -0.2) is 61.0 Å². The summed E-state index contributed by atoms with van der Waals surface area (Å²) in [5.74, 6) is 0.188. The average molecular weight is 344 g/mol. The van der Waals surface area contributed by atoms with Gasteiger partial charge in [-0.25, -0.2) is 0 Å². The van der Waals surface area contributed by atoms with Gasteiger partial charge in [0.25, 0.3) is 5.91 Å². The van der Waals surface area contributed by atoms with Gasteiger partial charge < -0.3 is 10.2 Å². The standard InChI is InChI=1S/C13H18BrN3OS/c14-12-2-1-11(19-12)13(18)17-6-3-10(9-17)16-7-4-15-5-8-16/h1-2,10,15H,3-9H2. The third-order valence-electron chi connectivity index (χ3n) is 3.90. The molecule has 1 unspecified atom stereocenters. The van der Waals surface area contributed by atoms with Crippen LogP contribution in [0.2, 0.25) is 0 Å². The van der Waals surface area contributed by atoms with Crippen LogP contribution in [0.5, 0.6) is 0 Å². The molecule has 1 aromatic heterocycles. The van der Waals surface area contributed by atoms with Crippen LogP contribution in [0.1, 0.15) is 16.1 Å². The maximum absolute atomic E-state index is 12.4. The molecule has 0 aromatic carbocycles. The topological polar surface area (TPSA) is 35.6 Å². The Morgan fingerprint density at radius 1 is 1.32 bits per heavy atom. The van der Waals surface area contributed by atoms with Gasteiger partial charge in [-0.1, -0.05) is 0 Å². The quantitative estimate of drug-likeness (QED) is 0.886. The first-order valence-electron chi connectivity index (χ1n) is 6.73. The van der Waals surface area contributed by atoms with Gasteiger partial charge in [0.2, 0.25) is 0 Å². The fourth-order valence-electron chi connectivity index (χ4n) is 2.86. The number of nitrogens with one attached hydrogen (secondary N) is 1. The maximum Gasteiger partial charge on any atom is 0.264 e. The summed E-state index contributed by atoms with van der Waals surface area (Å²) in [7, 11) is 0. The predicted molar refractivity (Wildman–Crippen MR) is 80.8 cm³/mol. The lowest BCUT2D eigenvalue weighted by atomic mass is 10.2. The lowest BCUT2D eigenvalue weighted by Gasteiger charge is -2.32. The molecule has 0 spiro atoms. The summed E-state index contributed by atoms with van der Waals surface area (Å²) in [6, 6.07) is 4.41. The summed E-state index contributed by atoms with van der Waals surface area (Å²) in [4.78, 5) is 17.7. The van der Waals surface area contributed by atoms with Crippen LogP contribution in [0.4, 0.5) is 0 Å². The van der Waals surface area contributed by atoms with Crippen LogP contribution in [-0.2, 0) is 0 Å². The largest absolute Gasteiger partial charge is 0.336 e. The van der Waals surface area contributed by atoms with E-state index in [-0.39, 0.29) is 5.91 Å². The predicted octanol–water partition coefficient (Wildman–Crippen LogP) is 1.63. The molecule has 0 aliphatic carbocycles. The number of amides is 1. The van der Waals surface area contributed by atoms with E-state index in [9.17, 15) is 4.79 Å². The molecule has 2 fully saturated rings. The highest BCUT2D eigenvalue weighted by atomic mass is 79.9. The normalized spacial score (nSPS) is 24.9. The third-order valence-corrected chi connectivity index (χ3v) is 5.51. The second kappa shape index (κ2) is 5.91. The number of piperazine rings is 1. The van der Waals surface area contributed by atoms with E-state index < -0.39 is 0 Å². The SMILES string of the molecule is O=C(c1ccc(Br)s1)N1CCC(N2CCNCC2)C1. The van der Waals surface area contributed by atoms with Crippen LogP contribution in [0.15, 0.2) is 15.9 Å². The van der Waals surface area contributed by atoms with Gasteiger partial charge in [-0.05, 0) is 34.5 Å². The van der Waals surface area contributed by atoms with Crippen molar-refractivity contribution in [2.75, 3.05) is 39.3 Å². The Labute approximate surface area is 125 Å². The van der Waals surface area contributed by atoms with Crippen molar-refractivity contribution >= 4 is 33.2 Å². The summed E-state index contributed by atoms with van der Waals surface area (Å²) in [5, 5.41) is 3.38. The molecule has 2 aliphatic heterocycles. The molecule has 0 saturated carbocycles. The number of rotatable bonds is 2. The molecule has 2 saturated heterocycles. The molecule has 1 N–H and O–H groups in total. The van der Waals surface area contributed by atoms with E-state index in [2.05, 4.69) is 26.1 Å². The van der Waals surface area contributed by atoms with Gasteiger partial charge in [-0.15, -0.1) is 11.3 Å². The molecule has 104 valence electrons. The molecule has 2 aliphatic rings. The zero-order chi connectivity index (χ0) is 13.2. The van der Waals surface area contributed by atoms with E-state index in [0.717, 1.165) is 54.4 Å². The molecule has 19 heavy (non-hydrogen) atoms. The Balaban J connectivity index is 1.60. The van der Waals surface area contributed by atoms with Crippen molar-refractivity contribution in [3.8, 4) is 0 Å². The first kappa shape index (κ1) is 13.5. The summed E-state index contributed by atoms with van der Waals surface area (Å²) in [5.41, 5.74) is 0. The first-order chi connectivity index (χ1) is 9.24. The van der Waals surface area contributed by atoms with Crippen molar-refractivity contribution in [1.82, 2.24) is 15.1 Å². The number of hydrogen-bond acceptors (Lipinski definition) is 4. The minimum atomic E-state index is 0.188. The number of likely N-dealkylation sites (tertiary alicyclic amines) is 1. The number of carbonyl (C=O) groups excluding carboxylic acids is 1. The third kappa shape index (κ3) is 3.02. The van der Waals surface area contributed by atoms with E-state index in [1.165, 1.54) is 11.3 Å². The molecule has 0 radical (unpaired) electrons. The highest BCUT2D eigenvalue weighted by molar-refractivity contribution is 9.11. The van der Waals surface area contributed by atoms with E-state index in [1.54, 1.807) is 0 Å². The van der Waals surface area contributed by atoms with Crippen LogP contribution in [0.25, 0.3) is 0 Å². The van der Waals surface area contributed by atoms with Gasteiger partial charge in [0.05, 0.1) is 8.66 Å². The van der Waals surface area contributed by atoms with Crippen LogP contribution < -0.4 is 5.32 Å². The van der Waals surface area contributed by atoms with Crippen molar-refractivity contribution in [3.05, 3.63) is 20.8 Å². The van der Waals surface area contributed by atoms with Crippen LogP contribution in [0.3, 0.4) is 0 Å². The Hall–Kier alpha value is -0.430. The number of carbonyl (C=O) groups is 1. The second-order valence-corrected chi connectivity index (χ2v) is 7.55. The molecule has 3 rings (SSSR count). The highest BCUT2D eigenvalue weighted by Crippen LogP contribution is 2.25. The first-order valence-corrected chi connectivity index (χ1v) is 8.34. The Kier molecular flexibility index (Phi) is 4.21. The minimum Gasteiger partial charge on any atom is -0.336 e. The zero-order valence-corrected chi connectivity index (χ0v) is 13.2. The van der Waals surface area contributed by atoms with Crippen molar-refractivity contribution in [3.63, 3.8) is 0 Å². The van der Waals surface area contributed by atoms with E-state index in [0.29, 0.717) is 6.04 Å². The van der Waals surface area contributed by atoms with E-state index in [4.69, 9.17) is 0 Å². The Bertz CT molecular complexity index is 458. The van der Waals surface area contributed by atoms with Gasteiger partial charge in [0.1, 0.15) is 0 Å². The summed E-state index contributed by atoms with van der Waals surface area (Å²) < 4.78 is 1.02. The molecular formula is C13H18BrN3OS. The number of hydrogen-bond donors (Lipinski definition) is 1. The molecule has 1 atom stereocenters. The molecular weight excluding hydrogens is 326 g/mol. The molecule has 1 aromatic rings. The summed E-state index contributed by atoms with van der Waals surface area (Å²) >= 11 is 4.94. The lowest BCUT2D eigenvalue weighted by Crippen LogP contribution is -2.49. The average Bonchev–Trinajstić information content (AvgIpc) is 3.08. The molecule has 6 heteroatoms. The van der Waals surface area contributed by atoms with Crippen molar-refractivity contribution < 1.29 is 4.79 Å². The number of nitrogens with zero attached hydrogens (tertiary/aromatic N) is 2. The van der Waals surface area contributed by atoms with Gasteiger partial charge in [0.15, 0.2) is 0 Å². The van der Waals surface area contributed by atoms with Crippen molar-refractivity contribution in [2.24, 2.45) is 0 Å². The van der Waals surface area contributed by atoms with Gasteiger partial charge >= 0.3 is 0 Å². The fourth-order valence-corrected chi connectivity index (χ4v) is 4.21.